The van der Waals surface area contributed by atoms with E-state index in [0.717, 1.165) is 21.4 Å². The zero-order valence-electron chi connectivity index (χ0n) is 10.5. The first-order valence-corrected chi connectivity index (χ1v) is 7.13. The maximum atomic E-state index is 6.18. The summed E-state index contributed by atoms with van der Waals surface area (Å²) in [6.45, 7) is 4.33. The van der Waals surface area contributed by atoms with Crippen molar-refractivity contribution in [2.45, 2.75) is 20.3 Å². The van der Waals surface area contributed by atoms with Gasteiger partial charge in [-0.1, -0.05) is 25.4 Å². The standard InChI is InChI=1S/C12H14ClIN4/c1-7(2)4-8-10(14)11(13)17-12(16-8)9-5-15-6-18(9)3/h5-7H,4H2,1-3H3. The van der Waals surface area contributed by atoms with E-state index in [-0.39, 0.29) is 0 Å². The summed E-state index contributed by atoms with van der Waals surface area (Å²) in [5.74, 6) is 1.17. The van der Waals surface area contributed by atoms with Gasteiger partial charge in [0.05, 0.1) is 21.8 Å². The van der Waals surface area contributed by atoms with Gasteiger partial charge in [0.15, 0.2) is 5.82 Å². The van der Waals surface area contributed by atoms with Crippen LogP contribution in [0.25, 0.3) is 11.5 Å². The van der Waals surface area contributed by atoms with Gasteiger partial charge in [-0.2, -0.15) is 0 Å². The molecule has 0 aliphatic carbocycles. The highest BCUT2D eigenvalue weighted by Gasteiger charge is 2.14. The molecule has 0 bridgehead atoms. The number of halogens is 2. The maximum Gasteiger partial charge on any atom is 0.179 e. The van der Waals surface area contributed by atoms with Gasteiger partial charge in [-0.05, 0) is 34.9 Å². The first-order valence-electron chi connectivity index (χ1n) is 5.67. The highest BCUT2D eigenvalue weighted by molar-refractivity contribution is 14.1. The molecular formula is C12H14ClIN4. The topological polar surface area (TPSA) is 43.6 Å². The van der Waals surface area contributed by atoms with Crippen molar-refractivity contribution in [3.05, 3.63) is 26.9 Å². The Morgan fingerprint density at radius 2 is 2.11 bits per heavy atom. The molecular weight excluding hydrogens is 363 g/mol. The van der Waals surface area contributed by atoms with Crippen LogP contribution in [0.5, 0.6) is 0 Å². The van der Waals surface area contributed by atoms with Gasteiger partial charge in [0.25, 0.3) is 0 Å². The van der Waals surface area contributed by atoms with Crippen molar-refractivity contribution in [1.29, 1.82) is 0 Å². The molecule has 0 N–H and O–H groups in total. The van der Waals surface area contributed by atoms with Crippen LogP contribution in [0.15, 0.2) is 12.5 Å². The van der Waals surface area contributed by atoms with E-state index in [9.17, 15) is 0 Å². The average Bonchev–Trinajstić information content (AvgIpc) is 2.70. The fourth-order valence-electron chi connectivity index (χ4n) is 1.67. The molecule has 2 aromatic heterocycles. The van der Waals surface area contributed by atoms with E-state index in [1.54, 1.807) is 12.5 Å². The van der Waals surface area contributed by atoms with E-state index < -0.39 is 0 Å². The molecule has 0 aliphatic rings. The number of nitrogens with zero attached hydrogens (tertiary/aromatic N) is 4. The van der Waals surface area contributed by atoms with Crippen LogP contribution in [-0.2, 0) is 13.5 Å². The first kappa shape index (κ1) is 13.7. The van der Waals surface area contributed by atoms with Gasteiger partial charge in [-0.3, -0.25) is 0 Å². The fraction of sp³-hybridized carbons (Fsp3) is 0.417. The Bertz CT molecular complexity index is 565. The highest BCUT2D eigenvalue weighted by Crippen LogP contribution is 2.25. The number of aryl methyl sites for hydroxylation is 1. The second-order valence-corrected chi connectivity index (χ2v) is 6.02. The highest BCUT2D eigenvalue weighted by atomic mass is 127. The molecule has 0 aromatic carbocycles. The van der Waals surface area contributed by atoms with Crippen molar-refractivity contribution < 1.29 is 0 Å². The van der Waals surface area contributed by atoms with Gasteiger partial charge in [0, 0.05) is 7.05 Å². The van der Waals surface area contributed by atoms with E-state index in [1.165, 1.54) is 0 Å². The third kappa shape index (κ3) is 2.83. The fourth-order valence-corrected chi connectivity index (χ4v) is 2.32. The second kappa shape index (κ2) is 5.52. The molecule has 0 aliphatic heterocycles. The molecule has 2 heterocycles. The summed E-state index contributed by atoms with van der Waals surface area (Å²) in [5.41, 5.74) is 1.88. The summed E-state index contributed by atoms with van der Waals surface area (Å²) in [5, 5.41) is 0.512. The Hall–Kier alpha value is -0.690. The summed E-state index contributed by atoms with van der Waals surface area (Å²) in [6, 6.07) is 0. The predicted octanol–water partition coefficient (Wildman–Crippen LogP) is 3.33. The molecule has 18 heavy (non-hydrogen) atoms. The van der Waals surface area contributed by atoms with Gasteiger partial charge < -0.3 is 4.57 Å². The van der Waals surface area contributed by atoms with Crippen LogP contribution in [0.3, 0.4) is 0 Å². The lowest BCUT2D eigenvalue weighted by molar-refractivity contribution is 0.632. The summed E-state index contributed by atoms with van der Waals surface area (Å²) in [6.07, 6.45) is 4.37. The summed E-state index contributed by atoms with van der Waals surface area (Å²) in [7, 11) is 1.92. The molecule has 4 nitrogen and oxygen atoms in total. The summed E-state index contributed by atoms with van der Waals surface area (Å²) >= 11 is 8.39. The van der Waals surface area contributed by atoms with Gasteiger partial charge in [0.2, 0.25) is 0 Å². The smallest absolute Gasteiger partial charge is 0.179 e. The Kier molecular flexibility index (Phi) is 4.21. The van der Waals surface area contributed by atoms with Crippen LogP contribution in [0.2, 0.25) is 5.15 Å². The minimum absolute atomic E-state index is 0.512. The number of imidazole rings is 1. The molecule has 0 amide bonds. The quantitative estimate of drug-likeness (QED) is 0.609. The zero-order chi connectivity index (χ0) is 13.3. The largest absolute Gasteiger partial charge is 0.331 e. The van der Waals surface area contributed by atoms with E-state index in [4.69, 9.17) is 11.6 Å². The third-order valence-corrected chi connectivity index (χ3v) is 4.25. The summed E-state index contributed by atoms with van der Waals surface area (Å²) < 4.78 is 2.83. The van der Waals surface area contributed by atoms with Crippen LogP contribution in [0.4, 0.5) is 0 Å². The van der Waals surface area contributed by atoms with Gasteiger partial charge >= 0.3 is 0 Å². The monoisotopic (exact) mass is 376 g/mol. The molecule has 0 saturated heterocycles. The van der Waals surface area contributed by atoms with Crippen molar-refractivity contribution in [3.63, 3.8) is 0 Å². The molecule has 6 heteroatoms. The maximum absolute atomic E-state index is 6.18. The predicted molar refractivity (Wildman–Crippen MR) is 80.5 cm³/mol. The lowest BCUT2D eigenvalue weighted by Gasteiger charge is -2.10. The number of rotatable bonds is 3. The SMILES string of the molecule is CC(C)Cc1nc(-c2cncn2C)nc(Cl)c1I. The van der Waals surface area contributed by atoms with Crippen molar-refractivity contribution in [3.8, 4) is 11.5 Å². The molecule has 0 atom stereocenters. The molecule has 96 valence electrons. The number of aromatic nitrogens is 4. The molecule has 0 fully saturated rings. The van der Waals surface area contributed by atoms with Crippen LogP contribution in [0.1, 0.15) is 19.5 Å². The molecule has 0 radical (unpaired) electrons. The van der Waals surface area contributed by atoms with Crippen molar-refractivity contribution in [1.82, 2.24) is 19.5 Å². The van der Waals surface area contributed by atoms with Crippen LogP contribution < -0.4 is 0 Å². The van der Waals surface area contributed by atoms with Crippen LogP contribution in [-0.4, -0.2) is 19.5 Å². The van der Waals surface area contributed by atoms with Gasteiger partial charge in [-0.15, -0.1) is 0 Å². The second-order valence-electron chi connectivity index (χ2n) is 4.59. The van der Waals surface area contributed by atoms with Crippen LogP contribution >= 0.6 is 34.2 Å². The average molecular weight is 377 g/mol. The third-order valence-electron chi connectivity index (χ3n) is 2.53. The van der Waals surface area contributed by atoms with Gasteiger partial charge in [0.1, 0.15) is 10.8 Å². The molecule has 2 rings (SSSR count). The van der Waals surface area contributed by atoms with Crippen molar-refractivity contribution in [2.24, 2.45) is 13.0 Å². The lowest BCUT2D eigenvalue weighted by Crippen LogP contribution is -2.05. The zero-order valence-corrected chi connectivity index (χ0v) is 13.4. The van der Waals surface area contributed by atoms with Crippen molar-refractivity contribution in [2.75, 3.05) is 0 Å². The van der Waals surface area contributed by atoms with E-state index in [2.05, 4.69) is 51.4 Å². The molecule has 2 aromatic rings. The Labute approximate surface area is 125 Å². The Morgan fingerprint density at radius 3 is 2.67 bits per heavy atom. The minimum Gasteiger partial charge on any atom is -0.331 e. The minimum atomic E-state index is 0.512. The molecule has 0 spiro atoms. The number of hydrogen-bond acceptors (Lipinski definition) is 3. The lowest BCUT2D eigenvalue weighted by atomic mass is 10.1. The molecule has 0 saturated carbocycles. The number of hydrogen-bond donors (Lipinski definition) is 0. The molecule has 0 unspecified atom stereocenters. The Balaban J connectivity index is 2.51. The van der Waals surface area contributed by atoms with E-state index in [0.29, 0.717) is 16.9 Å². The summed E-state index contributed by atoms with van der Waals surface area (Å²) in [4.78, 5) is 13.0. The normalized spacial score (nSPS) is 11.2. The van der Waals surface area contributed by atoms with E-state index >= 15 is 0 Å². The van der Waals surface area contributed by atoms with E-state index in [1.807, 2.05) is 11.6 Å². The van der Waals surface area contributed by atoms with Gasteiger partial charge in [-0.25, -0.2) is 15.0 Å². The van der Waals surface area contributed by atoms with Crippen LogP contribution in [0, 0.1) is 9.49 Å². The van der Waals surface area contributed by atoms with Crippen molar-refractivity contribution >= 4 is 34.2 Å². The first-order chi connectivity index (χ1) is 8.49. The Morgan fingerprint density at radius 1 is 1.39 bits per heavy atom.